The first kappa shape index (κ1) is 22.0. The van der Waals surface area contributed by atoms with E-state index in [9.17, 15) is 4.79 Å². The number of rotatable bonds is 8. The van der Waals surface area contributed by atoms with Gasteiger partial charge in [-0.1, -0.05) is 24.3 Å². The van der Waals surface area contributed by atoms with Gasteiger partial charge in [0.05, 0.1) is 19.8 Å². The molecule has 162 valence electrons. The molecule has 0 bridgehead atoms. The summed E-state index contributed by atoms with van der Waals surface area (Å²) in [6.45, 7) is 8.43. The van der Waals surface area contributed by atoms with Gasteiger partial charge in [0.1, 0.15) is 0 Å². The Labute approximate surface area is 180 Å². The van der Waals surface area contributed by atoms with E-state index in [1.54, 1.807) is 7.11 Å². The molecule has 1 heterocycles. The lowest BCUT2D eigenvalue weighted by molar-refractivity contribution is -0.136. The van der Waals surface area contributed by atoms with Crippen LogP contribution in [0, 0.1) is 0 Å². The molecule has 0 saturated carbocycles. The second kappa shape index (κ2) is 10.3. The number of carbonyl (C=O) groups is 1. The summed E-state index contributed by atoms with van der Waals surface area (Å²) in [6, 6.07) is 16.1. The number of carbonyl (C=O) groups excluding carboxylic acids is 1. The highest BCUT2D eigenvalue weighted by Gasteiger charge is 2.27. The van der Waals surface area contributed by atoms with Gasteiger partial charge in [-0.25, -0.2) is 0 Å². The molecule has 1 amide bonds. The largest absolute Gasteiger partial charge is 0.493 e. The Bertz CT molecular complexity index is 820. The number of hydrogen-bond donors (Lipinski definition) is 0. The van der Waals surface area contributed by atoms with Crippen molar-refractivity contribution in [3.63, 3.8) is 0 Å². The van der Waals surface area contributed by atoms with E-state index >= 15 is 0 Å². The third-order valence-corrected chi connectivity index (χ3v) is 5.69. The number of nitrogens with zero attached hydrogens (tertiary/aromatic N) is 3. The smallest absolute Gasteiger partial charge is 0.239 e. The van der Waals surface area contributed by atoms with Gasteiger partial charge in [0.2, 0.25) is 5.91 Å². The molecule has 1 aliphatic rings. The lowest BCUT2D eigenvalue weighted by Crippen LogP contribution is -2.53. The molecular formula is C24H33N3O3. The van der Waals surface area contributed by atoms with Crippen LogP contribution in [0.2, 0.25) is 0 Å². The topological polar surface area (TPSA) is 45.2 Å². The van der Waals surface area contributed by atoms with Crippen molar-refractivity contribution in [3.05, 3.63) is 54.1 Å². The van der Waals surface area contributed by atoms with E-state index in [4.69, 9.17) is 9.47 Å². The fourth-order valence-corrected chi connectivity index (χ4v) is 3.79. The normalized spacial score (nSPS) is 15.2. The van der Waals surface area contributed by atoms with Crippen molar-refractivity contribution in [1.29, 1.82) is 0 Å². The molecule has 30 heavy (non-hydrogen) atoms. The molecule has 0 aromatic heterocycles. The first-order valence-corrected chi connectivity index (χ1v) is 10.6. The Hall–Kier alpha value is -2.73. The maximum absolute atomic E-state index is 13.1. The first-order valence-electron chi connectivity index (χ1n) is 10.6. The summed E-state index contributed by atoms with van der Waals surface area (Å²) < 4.78 is 11.0. The summed E-state index contributed by atoms with van der Waals surface area (Å²) in [4.78, 5) is 19.5. The first-order chi connectivity index (χ1) is 14.5. The Balaban J connectivity index is 1.56. The maximum atomic E-state index is 13.1. The van der Waals surface area contributed by atoms with E-state index < -0.39 is 0 Å². The molecule has 1 aliphatic heterocycles. The van der Waals surface area contributed by atoms with Crippen LogP contribution in [0.25, 0.3) is 0 Å². The third kappa shape index (κ3) is 5.25. The quantitative estimate of drug-likeness (QED) is 0.667. The fraction of sp³-hybridized carbons (Fsp3) is 0.458. The number of para-hydroxylation sites is 1. The van der Waals surface area contributed by atoms with E-state index in [-0.39, 0.29) is 11.9 Å². The predicted octanol–water partition coefficient (Wildman–Crippen LogP) is 3.26. The molecule has 0 N–H and O–H groups in total. The maximum Gasteiger partial charge on any atom is 0.239 e. The summed E-state index contributed by atoms with van der Waals surface area (Å²) in [5.41, 5.74) is 2.31. The highest BCUT2D eigenvalue weighted by molar-refractivity contribution is 5.81. The summed E-state index contributed by atoms with van der Waals surface area (Å²) in [5.74, 6) is 1.65. The van der Waals surface area contributed by atoms with Crippen LogP contribution in [0.5, 0.6) is 11.5 Å². The minimum absolute atomic E-state index is 0.183. The molecule has 0 spiro atoms. The van der Waals surface area contributed by atoms with Crippen LogP contribution in [0.4, 0.5) is 5.69 Å². The van der Waals surface area contributed by atoms with E-state index in [0.29, 0.717) is 13.2 Å². The minimum Gasteiger partial charge on any atom is -0.493 e. The molecule has 1 atom stereocenters. The number of amides is 1. The molecule has 6 heteroatoms. The zero-order valence-electron chi connectivity index (χ0n) is 18.5. The second-order valence-electron chi connectivity index (χ2n) is 7.66. The van der Waals surface area contributed by atoms with Gasteiger partial charge in [-0.15, -0.1) is 0 Å². The zero-order valence-corrected chi connectivity index (χ0v) is 18.5. The van der Waals surface area contributed by atoms with Crippen molar-refractivity contribution in [2.45, 2.75) is 26.4 Å². The Morgan fingerprint density at radius 2 is 1.77 bits per heavy atom. The van der Waals surface area contributed by atoms with Crippen LogP contribution in [-0.4, -0.2) is 68.7 Å². The van der Waals surface area contributed by atoms with Crippen LogP contribution < -0.4 is 14.4 Å². The molecule has 2 aromatic carbocycles. The standard InChI is InChI=1S/C24H33N3O3/c1-5-30-22-12-11-20(17-23(22)29-4)18-25(3)19(2)24(28)27-15-13-26(14-16-27)21-9-7-6-8-10-21/h6-12,17,19H,5,13-16,18H2,1-4H3/t19-/m0/s1. The number of hydrogen-bond acceptors (Lipinski definition) is 5. The molecule has 1 saturated heterocycles. The van der Waals surface area contributed by atoms with Gasteiger partial charge in [0, 0.05) is 38.4 Å². The van der Waals surface area contributed by atoms with Crippen molar-refractivity contribution < 1.29 is 14.3 Å². The van der Waals surface area contributed by atoms with Gasteiger partial charge >= 0.3 is 0 Å². The van der Waals surface area contributed by atoms with Crippen molar-refractivity contribution in [2.75, 3.05) is 51.8 Å². The van der Waals surface area contributed by atoms with Gasteiger partial charge < -0.3 is 19.3 Å². The Morgan fingerprint density at radius 3 is 2.40 bits per heavy atom. The monoisotopic (exact) mass is 411 g/mol. The van der Waals surface area contributed by atoms with Gasteiger partial charge in [-0.2, -0.15) is 0 Å². The second-order valence-corrected chi connectivity index (χ2v) is 7.66. The number of benzene rings is 2. The van der Waals surface area contributed by atoms with Gasteiger partial charge in [0.15, 0.2) is 11.5 Å². The Kier molecular flexibility index (Phi) is 7.57. The SMILES string of the molecule is CCOc1ccc(CN(C)[C@@H](C)C(=O)N2CCN(c3ccccc3)CC2)cc1OC. The summed E-state index contributed by atoms with van der Waals surface area (Å²) in [5, 5.41) is 0. The van der Waals surface area contributed by atoms with Crippen LogP contribution in [-0.2, 0) is 11.3 Å². The lowest BCUT2D eigenvalue weighted by atomic mass is 10.1. The molecule has 0 radical (unpaired) electrons. The molecule has 0 unspecified atom stereocenters. The van der Waals surface area contributed by atoms with Crippen molar-refractivity contribution in [3.8, 4) is 11.5 Å². The van der Waals surface area contributed by atoms with Crippen molar-refractivity contribution >= 4 is 11.6 Å². The number of anilines is 1. The number of ether oxygens (including phenoxy) is 2. The molecule has 2 aromatic rings. The highest BCUT2D eigenvalue weighted by Crippen LogP contribution is 2.28. The molecule has 1 fully saturated rings. The summed E-state index contributed by atoms with van der Waals surface area (Å²) in [7, 11) is 3.64. The van der Waals surface area contributed by atoms with E-state index in [2.05, 4.69) is 34.1 Å². The molecular weight excluding hydrogens is 378 g/mol. The van der Waals surface area contributed by atoms with E-state index in [1.807, 2.05) is 50.1 Å². The van der Waals surface area contributed by atoms with Crippen molar-refractivity contribution in [2.24, 2.45) is 0 Å². The van der Waals surface area contributed by atoms with E-state index in [1.165, 1.54) is 5.69 Å². The highest BCUT2D eigenvalue weighted by atomic mass is 16.5. The average molecular weight is 412 g/mol. The third-order valence-electron chi connectivity index (χ3n) is 5.69. The summed E-state index contributed by atoms with van der Waals surface area (Å²) >= 11 is 0. The zero-order chi connectivity index (χ0) is 21.5. The van der Waals surface area contributed by atoms with Crippen LogP contribution in [0.1, 0.15) is 19.4 Å². The number of likely N-dealkylation sites (N-methyl/N-ethyl adjacent to an activating group) is 1. The lowest BCUT2D eigenvalue weighted by Gasteiger charge is -2.38. The van der Waals surface area contributed by atoms with Crippen LogP contribution >= 0.6 is 0 Å². The average Bonchev–Trinajstić information content (AvgIpc) is 2.79. The van der Waals surface area contributed by atoms with Gasteiger partial charge in [-0.05, 0) is 50.7 Å². The van der Waals surface area contributed by atoms with Crippen LogP contribution in [0.15, 0.2) is 48.5 Å². The van der Waals surface area contributed by atoms with Gasteiger partial charge in [-0.3, -0.25) is 9.69 Å². The summed E-state index contributed by atoms with van der Waals surface area (Å²) in [6.07, 6.45) is 0. The van der Waals surface area contributed by atoms with Crippen LogP contribution in [0.3, 0.4) is 0 Å². The minimum atomic E-state index is -0.189. The molecule has 0 aliphatic carbocycles. The predicted molar refractivity (Wildman–Crippen MR) is 120 cm³/mol. The molecule has 6 nitrogen and oxygen atoms in total. The fourth-order valence-electron chi connectivity index (χ4n) is 3.79. The van der Waals surface area contributed by atoms with E-state index in [0.717, 1.165) is 43.2 Å². The Morgan fingerprint density at radius 1 is 1.07 bits per heavy atom. The molecule has 3 rings (SSSR count). The van der Waals surface area contributed by atoms with Gasteiger partial charge in [0.25, 0.3) is 0 Å². The number of piperazine rings is 1. The van der Waals surface area contributed by atoms with Crippen molar-refractivity contribution in [1.82, 2.24) is 9.80 Å². The number of methoxy groups -OCH3 is 1.